The molecule has 5 rings (SSSR count). The quantitative estimate of drug-likeness (QED) is 0.362. The number of pyridine rings is 1. The van der Waals surface area contributed by atoms with E-state index in [4.69, 9.17) is 9.97 Å². The molecule has 4 aromatic rings. The van der Waals surface area contributed by atoms with Crippen molar-refractivity contribution in [1.82, 2.24) is 25.2 Å². The maximum atomic E-state index is 12.3. The number of nitrogens with zero attached hydrogens (tertiary/aromatic N) is 5. The van der Waals surface area contributed by atoms with Crippen molar-refractivity contribution in [2.24, 2.45) is 0 Å². The molecule has 0 bridgehead atoms. The van der Waals surface area contributed by atoms with Gasteiger partial charge in [-0.15, -0.1) is 0 Å². The summed E-state index contributed by atoms with van der Waals surface area (Å²) in [5.74, 6) is 1.47. The van der Waals surface area contributed by atoms with Crippen molar-refractivity contribution in [2.45, 2.75) is 32.7 Å². The molecule has 2 aromatic carbocycles. The summed E-state index contributed by atoms with van der Waals surface area (Å²) in [5, 5.41) is 7.11. The third-order valence-electron chi connectivity index (χ3n) is 7.19. The van der Waals surface area contributed by atoms with Crippen LogP contribution >= 0.6 is 0 Å². The lowest BCUT2D eigenvalue weighted by Gasteiger charge is -2.35. The Bertz CT molecular complexity index is 1430. The standard InChI is InChI=1S/C30H35N7O/c1-5-31-29(38)22-8-6-7-21(16-22)23-15-20(2)28-24(17-23)18-33-30(35-28)34-25-9-10-27(32-19-25)37-13-11-26(12-14-37)36(3)4/h6-10,15-19,26H,5,11-14H2,1-4H3,(H,31,38)(H,33,34,35). The van der Waals surface area contributed by atoms with Crippen molar-refractivity contribution in [3.8, 4) is 11.1 Å². The van der Waals surface area contributed by atoms with Gasteiger partial charge >= 0.3 is 0 Å². The summed E-state index contributed by atoms with van der Waals surface area (Å²) in [6, 6.07) is 16.6. The number of piperidine rings is 1. The van der Waals surface area contributed by atoms with E-state index in [1.54, 1.807) is 0 Å². The van der Waals surface area contributed by atoms with Crippen molar-refractivity contribution in [1.29, 1.82) is 0 Å². The lowest BCUT2D eigenvalue weighted by Crippen LogP contribution is -2.42. The van der Waals surface area contributed by atoms with Gasteiger partial charge in [0.1, 0.15) is 5.82 Å². The number of aryl methyl sites for hydroxylation is 1. The minimum atomic E-state index is -0.0673. The van der Waals surface area contributed by atoms with Gasteiger partial charge in [0.15, 0.2) is 0 Å². The van der Waals surface area contributed by atoms with Gasteiger partial charge < -0.3 is 20.4 Å². The Morgan fingerprint density at radius 1 is 1.03 bits per heavy atom. The topological polar surface area (TPSA) is 86.3 Å². The molecule has 0 radical (unpaired) electrons. The molecule has 196 valence electrons. The van der Waals surface area contributed by atoms with E-state index in [9.17, 15) is 4.79 Å². The lowest BCUT2D eigenvalue weighted by molar-refractivity contribution is 0.0956. The smallest absolute Gasteiger partial charge is 0.251 e. The Labute approximate surface area is 224 Å². The van der Waals surface area contributed by atoms with E-state index in [0.29, 0.717) is 24.1 Å². The number of benzene rings is 2. The summed E-state index contributed by atoms with van der Waals surface area (Å²) in [4.78, 5) is 31.0. The van der Waals surface area contributed by atoms with Crippen LogP contribution in [-0.2, 0) is 0 Å². The summed E-state index contributed by atoms with van der Waals surface area (Å²) >= 11 is 0. The van der Waals surface area contributed by atoms with Gasteiger partial charge in [-0.1, -0.05) is 12.1 Å². The third-order valence-corrected chi connectivity index (χ3v) is 7.19. The van der Waals surface area contributed by atoms with Gasteiger partial charge in [-0.05, 0) is 93.9 Å². The van der Waals surface area contributed by atoms with Gasteiger partial charge in [0.05, 0.1) is 17.4 Å². The Hall–Kier alpha value is -4.04. The molecule has 3 heterocycles. The molecule has 1 amide bonds. The lowest BCUT2D eigenvalue weighted by atomic mass is 9.99. The number of hydrogen-bond acceptors (Lipinski definition) is 7. The summed E-state index contributed by atoms with van der Waals surface area (Å²) in [6.45, 7) is 6.61. The molecule has 8 heteroatoms. The maximum absolute atomic E-state index is 12.3. The average molecular weight is 510 g/mol. The number of fused-ring (bicyclic) bond motifs is 1. The molecular weight excluding hydrogens is 474 g/mol. The number of aromatic nitrogens is 3. The molecule has 1 aliphatic heterocycles. The molecule has 0 unspecified atom stereocenters. The highest BCUT2D eigenvalue weighted by atomic mass is 16.1. The first-order valence-corrected chi connectivity index (χ1v) is 13.2. The third kappa shape index (κ3) is 5.60. The molecule has 2 aromatic heterocycles. The first-order valence-electron chi connectivity index (χ1n) is 13.2. The van der Waals surface area contributed by atoms with E-state index in [-0.39, 0.29) is 5.91 Å². The monoisotopic (exact) mass is 509 g/mol. The second-order valence-corrected chi connectivity index (χ2v) is 10.1. The zero-order chi connectivity index (χ0) is 26.6. The normalized spacial score (nSPS) is 14.2. The van der Waals surface area contributed by atoms with Crippen LogP contribution in [0.1, 0.15) is 35.7 Å². The molecule has 0 atom stereocenters. The summed E-state index contributed by atoms with van der Waals surface area (Å²) in [5.41, 5.74) is 5.45. The fourth-order valence-corrected chi connectivity index (χ4v) is 5.04. The molecule has 0 spiro atoms. The summed E-state index contributed by atoms with van der Waals surface area (Å²) in [6.07, 6.45) is 5.99. The molecule has 0 aliphatic carbocycles. The van der Waals surface area contributed by atoms with Gasteiger partial charge in [-0.25, -0.2) is 15.0 Å². The van der Waals surface area contributed by atoms with E-state index >= 15 is 0 Å². The molecule has 1 aliphatic rings. The molecule has 1 fully saturated rings. The van der Waals surface area contributed by atoms with Crippen LogP contribution < -0.4 is 15.5 Å². The first-order chi connectivity index (χ1) is 18.4. The van der Waals surface area contributed by atoms with Crippen LogP contribution in [0.5, 0.6) is 0 Å². The summed E-state index contributed by atoms with van der Waals surface area (Å²) in [7, 11) is 4.31. The van der Waals surface area contributed by atoms with Gasteiger partial charge in [-0.2, -0.15) is 0 Å². The first kappa shape index (κ1) is 25.6. The van der Waals surface area contributed by atoms with Gasteiger partial charge in [-0.3, -0.25) is 4.79 Å². The highest BCUT2D eigenvalue weighted by molar-refractivity contribution is 5.96. The maximum Gasteiger partial charge on any atom is 0.251 e. The molecule has 38 heavy (non-hydrogen) atoms. The van der Waals surface area contributed by atoms with E-state index in [1.807, 2.05) is 56.6 Å². The fraction of sp³-hybridized carbons (Fsp3) is 0.333. The predicted octanol–water partition coefficient (Wildman–Crippen LogP) is 5.02. The van der Waals surface area contributed by atoms with Crippen molar-refractivity contribution < 1.29 is 4.79 Å². The average Bonchev–Trinajstić information content (AvgIpc) is 2.94. The van der Waals surface area contributed by atoms with Crippen LogP contribution in [-0.4, -0.2) is 65.5 Å². The zero-order valence-electron chi connectivity index (χ0n) is 22.5. The molecule has 2 N–H and O–H groups in total. The van der Waals surface area contributed by atoms with Crippen molar-refractivity contribution in [2.75, 3.05) is 43.9 Å². The Morgan fingerprint density at radius 2 is 1.84 bits per heavy atom. The minimum absolute atomic E-state index is 0.0673. The van der Waals surface area contributed by atoms with E-state index in [1.165, 1.54) is 0 Å². The highest BCUT2D eigenvalue weighted by Crippen LogP contribution is 2.28. The van der Waals surface area contributed by atoms with Crippen LogP contribution in [0.15, 0.2) is 60.9 Å². The summed E-state index contributed by atoms with van der Waals surface area (Å²) < 4.78 is 0. The predicted molar refractivity (Wildman–Crippen MR) is 154 cm³/mol. The van der Waals surface area contributed by atoms with Crippen LogP contribution in [0.4, 0.5) is 17.5 Å². The number of nitrogens with one attached hydrogen (secondary N) is 2. The number of hydrogen-bond donors (Lipinski definition) is 2. The van der Waals surface area contributed by atoms with Crippen LogP contribution in [0, 0.1) is 6.92 Å². The number of anilines is 3. The number of carbonyl (C=O) groups is 1. The number of carbonyl (C=O) groups excluding carboxylic acids is 1. The second-order valence-electron chi connectivity index (χ2n) is 10.1. The second kappa shape index (κ2) is 11.1. The van der Waals surface area contributed by atoms with E-state index < -0.39 is 0 Å². The van der Waals surface area contributed by atoms with Crippen LogP contribution in [0.25, 0.3) is 22.0 Å². The van der Waals surface area contributed by atoms with E-state index in [2.05, 4.69) is 57.7 Å². The molecule has 8 nitrogen and oxygen atoms in total. The largest absolute Gasteiger partial charge is 0.357 e. The van der Waals surface area contributed by atoms with Gasteiger partial charge in [0, 0.05) is 42.8 Å². The van der Waals surface area contributed by atoms with Gasteiger partial charge in [0.2, 0.25) is 5.95 Å². The molecular formula is C30H35N7O. The molecule has 0 saturated carbocycles. The van der Waals surface area contributed by atoms with Crippen molar-refractivity contribution in [3.05, 3.63) is 72.1 Å². The minimum Gasteiger partial charge on any atom is -0.357 e. The Balaban J connectivity index is 1.31. The van der Waals surface area contributed by atoms with Gasteiger partial charge in [0.25, 0.3) is 5.91 Å². The van der Waals surface area contributed by atoms with Crippen LogP contribution in [0.3, 0.4) is 0 Å². The number of amides is 1. The van der Waals surface area contributed by atoms with E-state index in [0.717, 1.165) is 65.0 Å². The Morgan fingerprint density at radius 3 is 2.55 bits per heavy atom. The molecule has 1 saturated heterocycles. The number of rotatable bonds is 7. The van der Waals surface area contributed by atoms with Crippen molar-refractivity contribution in [3.63, 3.8) is 0 Å². The van der Waals surface area contributed by atoms with Crippen molar-refractivity contribution >= 4 is 34.3 Å². The zero-order valence-corrected chi connectivity index (χ0v) is 22.5. The fourth-order valence-electron chi connectivity index (χ4n) is 5.04. The SMILES string of the molecule is CCNC(=O)c1cccc(-c2cc(C)c3nc(Nc4ccc(N5CCC(N(C)C)CC5)nc4)ncc3c2)c1. The Kier molecular flexibility index (Phi) is 7.51. The van der Waals surface area contributed by atoms with Crippen LogP contribution in [0.2, 0.25) is 0 Å². The highest BCUT2D eigenvalue weighted by Gasteiger charge is 2.21.